The molecule has 1 amide bonds. The van der Waals surface area contributed by atoms with E-state index < -0.39 is 10.0 Å². The number of nitrogens with zero attached hydrogens (tertiary/aromatic N) is 4. The van der Waals surface area contributed by atoms with Crippen LogP contribution in [-0.4, -0.2) is 39.8 Å². The Morgan fingerprint density at radius 1 is 1.12 bits per heavy atom. The molecule has 164 valence electrons. The second-order valence-electron chi connectivity index (χ2n) is 7.00. The average molecular weight is 469 g/mol. The second-order valence-corrected chi connectivity index (χ2v) is 9.53. The van der Waals surface area contributed by atoms with Crippen LogP contribution in [0.4, 0.5) is 0 Å². The summed E-state index contributed by atoms with van der Waals surface area (Å²) in [7, 11) is -3.75. The summed E-state index contributed by atoms with van der Waals surface area (Å²) >= 11 is 1.30. The molecule has 0 saturated carbocycles. The van der Waals surface area contributed by atoms with E-state index in [1.54, 1.807) is 23.0 Å². The molecule has 2 heterocycles. The van der Waals surface area contributed by atoms with Crippen molar-refractivity contribution in [2.24, 2.45) is 5.14 Å². The third-order valence-electron chi connectivity index (χ3n) is 4.76. The van der Waals surface area contributed by atoms with E-state index in [-0.39, 0.29) is 22.6 Å². The van der Waals surface area contributed by atoms with Crippen LogP contribution >= 0.6 is 11.8 Å². The standard InChI is InChI=1S/C21H20N6O3S2/c1-14(15-7-9-17(10-8-15)32(22,29)30)26-19(28)12-31-21-18-11-25-27(20(18)23-13-24-21)16-5-3-2-4-6-16/h2-11,13-14H,12H2,1H3,(H,26,28)(H2,22,29,30). The molecule has 2 aromatic heterocycles. The van der Waals surface area contributed by atoms with Gasteiger partial charge in [0.25, 0.3) is 0 Å². The number of benzene rings is 2. The minimum Gasteiger partial charge on any atom is -0.349 e. The molecule has 4 aromatic rings. The van der Waals surface area contributed by atoms with Gasteiger partial charge in [0.2, 0.25) is 15.9 Å². The third kappa shape index (κ3) is 4.79. The maximum atomic E-state index is 12.5. The van der Waals surface area contributed by atoms with Gasteiger partial charge in [0.15, 0.2) is 5.65 Å². The molecule has 4 rings (SSSR count). The van der Waals surface area contributed by atoms with Gasteiger partial charge in [0, 0.05) is 0 Å². The molecule has 3 N–H and O–H groups in total. The number of nitrogens with one attached hydrogen (secondary N) is 1. The average Bonchev–Trinajstić information content (AvgIpc) is 3.22. The summed E-state index contributed by atoms with van der Waals surface area (Å²) in [5, 5.41) is 13.9. The van der Waals surface area contributed by atoms with Crippen molar-refractivity contribution in [2.75, 3.05) is 5.75 Å². The fourth-order valence-electron chi connectivity index (χ4n) is 3.14. The highest BCUT2D eigenvalue weighted by Crippen LogP contribution is 2.26. The number of primary sulfonamides is 1. The number of aromatic nitrogens is 4. The summed E-state index contributed by atoms with van der Waals surface area (Å²) in [6.45, 7) is 1.82. The molecule has 0 aliphatic heterocycles. The monoisotopic (exact) mass is 468 g/mol. The van der Waals surface area contributed by atoms with E-state index in [2.05, 4.69) is 20.4 Å². The number of carbonyl (C=O) groups is 1. The molecule has 0 spiro atoms. The van der Waals surface area contributed by atoms with E-state index in [0.717, 1.165) is 16.6 Å². The molecule has 0 aliphatic rings. The molecular formula is C21H20N6O3S2. The SMILES string of the molecule is CC(NC(=O)CSc1ncnc2c1cnn2-c1ccccc1)c1ccc(S(N)(=O)=O)cc1. The molecule has 32 heavy (non-hydrogen) atoms. The van der Waals surface area contributed by atoms with Crippen LogP contribution in [0.25, 0.3) is 16.7 Å². The molecule has 1 atom stereocenters. The number of hydrogen-bond donors (Lipinski definition) is 2. The Bertz CT molecular complexity index is 1360. The molecule has 0 saturated heterocycles. The summed E-state index contributed by atoms with van der Waals surface area (Å²) in [5.41, 5.74) is 2.32. The van der Waals surface area contributed by atoms with Crippen molar-refractivity contribution in [3.05, 3.63) is 72.7 Å². The first-order chi connectivity index (χ1) is 15.3. The van der Waals surface area contributed by atoms with Gasteiger partial charge in [-0.2, -0.15) is 5.10 Å². The van der Waals surface area contributed by atoms with Crippen molar-refractivity contribution in [2.45, 2.75) is 22.9 Å². The van der Waals surface area contributed by atoms with Crippen LogP contribution < -0.4 is 10.5 Å². The summed E-state index contributed by atoms with van der Waals surface area (Å²) in [4.78, 5) is 21.2. The zero-order valence-corrected chi connectivity index (χ0v) is 18.7. The van der Waals surface area contributed by atoms with Gasteiger partial charge < -0.3 is 5.32 Å². The van der Waals surface area contributed by atoms with Crippen molar-refractivity contribution >= 4 is 38.7 Å². The van der Waals surface area contributed by atoms with Crippen molar-refractivity contribution in [1.29, 1.82) is 0 Å². The Labute approximate surface area is 189 Å². The number of para-hydroxylation sites is 1. The Morgan fingerprint density at radius 2 is 1.84 bits per heavy atom. The minimum absolute atomic E-state index is 0.0270. The highest BCUT2D eigenvalue weighted by molar-refractivity contribution is 8.00. The van der Waals surface area contributed by atoms with E-state index in [1.807, 2.05) is 37.3 Å². The summed E-state index contributed by atoms with van der Waals surface area (Å²) in [5.74, 6) is -0.0253. The van der Waals surface area contributed by atoms with Crippen molar-refractivity contribution < 1.29 is 13.2 Å². The number of hydrogen-bond acceptors (Lipinski definition) is 7. The Kier molecular flexibility index (Phi) is 6.21. The minimum atomic E-state index is -3.75. The molecule has 0 aliphatic carbocycles. The fourth-order valence-corrected chi connectivity index (χ4v) is 4.43. The van der Waals surface area contributed by atoms with Crippen LogP contribution in [0.3, 0.4) is 0 Å². The normalized spacial score (nSPS) is 12.6. The molecular weight excluding hydrogens is 448 g/mol. The van der Waals surface area contributed by atoms with Gasteiger partial charge in [-0.3, -0.25) is 4.79 Å². The molecule has 0 bridgehead atoms. The lowest BCUT2D eigenvalue weighted by Crippen LogP contribution is -2.28. The van der Waals surface area contributed by atoms with Gasteiger partial charge in [0.1, 0.15) is 11.4 Å². The van der Waals surface area contributed by atoms with Gasteiger partial charge in [-0.05, 0) is 36.8 Å². The van der Waals surface area contributed by atoms with Crippen LogP contribution in [0.2, 0.25) is 0 Å². The van der Waals surface area contributed by atoms with Gasteiger partial charge >= 0.3 is 0 Å². The number of carbonyl (C=O) groups excluding carboxylic acids is 1. The first-order valence-electron chi connectivity index (χ1n) is 9.62. The lowest BCUT2D eigenvalue weighted by molar-refractivity contribution is -0.119. The molecule has 9 nitrogen and oxygen atoms in total. The molecule has 11 heteroatoms. The van der Waals surface area contributed by atoms with Gasteiger partial charge in [-0.25, -0.2) is 28.2 Å². The number of amides is 1. The third-order valence-corrected chi connectivity index (χ3v) is 6.69. The van der Waals surface area contributed by atoms with E-state index in [0.29, 0.717) is 10.7 Å². The largest absolute Gasteiger partial charge is 0.349 e. The van der Waals surface area contributed by atoms with E-state index >= 15 is 0 Å². The smallest absolute Gasteiger partial charge is 0.238 e. The zero-order valence-electron chi connectivity index (χ0n) is 17.0. The predicted octanol–water partition coefficient (Wildman–Crippen LogP) is 2.43. The lowest BCUT2D eigenvalue weighted by Gasteiger charge is -2.14. The van der Waals surface area contributed by atoms with Crippen molar-refractivity contribution in [3.63, 3.8) is 0 Å². The number of nitrogens with two attached hydrogens (primary N) is 1. The Morgan fingerprint density at radius 3 is 2.53 bits per heavy atom. The number of thioether (sulfide) groups is 1. The second kappa shape index (κ2) is 9.07. The topological polar surface area (TPSA) is 133 Å². The number of fused-ring (bicyclic) bond motifs is 1. The number of sulfonamides is 1. The van der Waals surface area contributed by atoms with Crippen LogP contribution in [0.1, 0.15) is 18.5 Å². The molecule has 0 radical (unpaired) electrons. The van der Waals surface area contributed by atoms with Gasteiger partial charge in [0.05, 0.1) is 34.0 Å². The highest BCUT2D eigenvalue weighted by atomic mass is 32.2. The maximum Gasteiger partial charge on any atom is 0.238 e. The summed E-state index contributed by atoms with van der Waals surface area (Å²) in [6.07, 6.45) is 3.15. The van der Waals surface area contributed by atoms with Crippen LogP contribution in [0.5, 0.6) is 0 Å². The van der Waals surface area contributed by atoms with Crippen LogP contribution in [0, 0.1) is 0 Å². The molecule has 2 aromatic carbocycles. The fraction of sp³-hybridized carbons (Fsp3) is 0.143. The Balaban J connectivity index is 1.42. The van der Waals surface area contributed by atoms with E-state index in [4.69, 9.17) is 5.14 Å². The maximum absolute atomic E-state index is 12.5. The van der Waals surface area contributed by atoms with Crippen molar-refractivity contribution in [1.82, 2.24) is 25.1 Å². The zero-order chi connectivity index (χ0) is 22.7. The van der Waals surface area contributed by atoms with Crippen LogP contribution in [-0.2, 0) is 14.8 Å². The van der Waals surface area contributed by atoms with Crippen LogP contribution in [0.15, 0.2) is 77.0 Å². The van der Waals surface area contributed by atoms with Crippen molar-refractivity contribution in [3.8, 4) is 5.69 Å². The lowest BCUT2D eigenvalue weighted by atomic mass is 10.1. The highest BCUT2D eigenvalue weighted by Gasteiger charge is 2.15. The quantitative estimate of drug-likeness (QED) is 0.314. The first-order valence-corrected chi connectivity index (χ1v) is 12.2. The number of rotatable bonds is 7. The van der Waals surface area contributed by atoms with Gasteiger partial charge in [-0.15, -0.1) is 0 Å². The summed E-state index contributed by atoms with van der Waals surface area (Å²) in [6, 6.07) is 15.4. The van der Waals surface area contributed by atoms with Gasteiger partial charge in [-0.1, -0.05) is 42.1 Å². The summed E-state index contributed by atoms with van der Waals surface area (Å²) < 4.78 is 24.5. The van der Waals surface area contributed by atoms with E-state index in [1.165, 1.54) is 30.2 Å². The molecule has 1 unspecified atom stereocenters. The predicted molar refractivity (Wildman–Crippen MR) is 122 cm³/mol. The molecule has 0 fully saturated rings. The van der Waals surface area contributed by atoms with E-state index in [9.17, 15) is 13.2 Å². The first kappa shape index (κ1) is 21.9. The Hall–Kier alpha value is -3.28.